The van der Waals surface area contributed by atoms with Crippen molar-refractivity contribution >= 4 is 5.91 Å². The molecule has 4 unspecified atom stereocenters. The van der Waals surface area contributed by atoms with Crippen LogP contribution in [0.5, 0.6) is 0 Å². The van der Waals surface area contributed by atoms with Crippen LogP contribution >= 0.6 is 0 Å². The van der Waals surface area contributed by atoms with Gasteiger partial charge in [0.1, 0.15) is 30.6 Å². The van der Waals surface area contributed by atoms with Gasteiger partial charge in [0.25, 0.3) is 0 Å². The van der Waals surface area contributed by atoms with Crippen LogP contribution in [0, 0.1) is 0 Å². The number of fused-ring (bicyclic) bond motifs is 1. The molecule has 0 spiro atoms. The van der Waals surface area contributed by atoms with E-state index in [1.807, 2.05) is 36.5 Å². The Hall–Kier alpha value is -2.29. The molecule has 1 aromatic heterocycles. The lowest BCUT2D eigenvalue weighted by molar-refractivity contribution is -0.126. The first-order valence-corrected chi connectivity index (χ1v) is 8.25. The number of nitrogens with one attached hydrogen (secondary N) is 1. The van der Waals surface area contributed by atoms with E-state index in [1.165, 1.54) is 7.11 Å². The summed E-state index contributed by atoms with van der Waals surface area (Å²) in [6.45, 7) is 0.923. The first-order valence-electron chi connectivity index (χ1n) is 8.25. The molecule has 8 heteroatoms. The van der Waals surface area contributed by atoms with Crippen molar-refractivity contribution in [3.63, 3.8) is 0 Å². The minimum atomic E-state index is -0.185. The molecule has 3 heterocycles. The fourth-order valence-electron chi connectivity index (χ4n) is 3.39. The predicted molar refractivity (Wildman–Crippen MR) is 87.8 cm³/mol. The number of carbonyl (C=O) groups is 1. The van der Waals surface area contributed by atoms with Gasteiger partial charge in [0.2, 0.25) is 5.91 Å². The number of aromatic nitrogens is 3. The highest BCUT2D eigenvalue weighted by atomic mass is 16.6. The number of nitrogens with zero attached hydrogens (tertiary/aromatic N) is 3. The van der Waals surface area contributed by atoms with E-state index in [1.54, 1.807) is 4.68 Å². The summed E-state index contributed by atoms with van der Waals surface area (Å²) in [5, 5.41) is 11.4. The van der Waals surface area contributed by atoms with E-state index in [0.29, 0.717) is 13.2 Å². The van der Waals surface area contributed by atoms with E-state index in [0.717, 1.165) is 11.3 Å². The molecule has 0 bridgehead atoms. The fraction of sp³-hybridized carbons (Fsp3) is 0.471. The molecule has 0 radical (unpaired) electrons. The largest absolute Gasteiger partial charge is 0.375 e. The normalized spacial score (nSPS) is 28.0. The Kier molecular flexibility index (Phi) is 4.48. The smallest absolute Gasteiger partial charge is 0.246 e. The highest BCUT2D eigenvalue weighted by Gasteiger charge is 2.49. The van der Waals surface area contributed by atoms with Crippen molar-refractivity contribution in [2.24, 2.45) is 0 Å². The second-order valence-corrected chi connectivity index (χ2v) is 6.22. The van der Waals surface area contributed by atoms with Gasteiger partial charge in [-0.05, 0) is 0 Å². The zero-order chi connectivity index (χ0) is 17.2. The number of benzene rings is 1. The zero-order valence-electron chi connectivity index (χ0n) is 13.9. The second kappa shape index (κ2) is 6.91. The summed E-state index contributed by atoms with van der Waals surface area (Å²) < 4.78 is 18.4. The van der Waals surface area contributed by atoms with Crippen molar-refractivity contribution in [2.75, 3.05) is 26.9 Å². The Bertz CT molecular complexity index is 735. The number of rotatable bonds is 5. The Balaban J connectivity index is 1.45. The lowest BCUT2D eigenvalue weighted by Crippen LogP contribution is -2.45. The first-order chi connectivity index (χ1) is 12.3. The standard InChI is InChI=1S/C17H20N4O4/c1-23-10-15(22)18-13-8-24-17-14(9-25-16(13)17)21-7-12(19-20-21)11-5-3-2-4-6-11/h2-7,13-14,16-17H,8-10H2,1H3,(H,18,22). The van der Waals surface area contributed by atoms with Gasteiger partial charge in [0.15, 0.2) is 0 Å². The van der Waals surface area contributed by atoms with Crippen molar-refractivity contribution < 1.29 is 19.0 Å². The molecule has 0 saturated carbocycles. The van der Waals surface area contributed by atoms with Crippen LogP contribution in [0.15, 0.2) is 36.5 Å². The number of amides is 1. The van der Waals surface area contributed by atoms with Crippen molar-refractivity contribution in [3.8, 4) is 11.3 Å². The number of methoxy groups -OCH3 is 1. The summed E-state index contributed by atoms with van der Waals surface area (Å²) in [5.41, 5.74) is 1.83. The van der Waals surface area contributed by atoms with Crippen LogP contribution in [0.4, 0.5) is 0 Å². The van der Waals surface area contributed by atoms with Gasteiger partial charge >= 0.3 is 0 Å². The third-order valence-electron chi connectivity index (χ3n) is 4.57. The van der Waals surface area contributed by atoms with E-state index >= 15 is 0 Å². The van der Waals surface area contributed by atoms with Gasteiger partial charge in [-0.2, -0.15) is 0 Å². The molecule has 4 rings (SSSR count). The molecule has 0 aliphatic carbocycles. The molecule has 132 valence electrons. The van der Waals surface area contributed by atoms with Gasteiger partial charge in [0, 0.05) is 12.7 Å². The van der Waals surface area contributed by atoms with Gasteiger partial charge in [-0.3, -0.25) is 4.79 Å². The third kappa shape index (κ3) is 3.15. The summed E-state index contributed by atoms with van der Waals surface area (Å²) in [4.78, 5) is 11.7. The molecule has 2 fully saturated rings. The van der Waals surface area contributed by atoms with Crippen molar-refractivity contribution in [3.05, 3.63) is 36.5 Å². The van der Waals surface area contributed by atoms with Gasteiger partial charge in [-0.15, -0.1) is 5.10 Å². The average molecular weight is 344 g/mol. The molecule has 1 aromatic carbocycles. The lowest BCUT2D eigenvalue weighted by Gasteiger charge is -2.17. The van der Waals surface area contributed by atoms with Crippen LogP contribution < -0.4 is 5.32 Å². The molecule has 1 amide bonds. The molecule has 25 heavy (non-hydrogen) atoms. The summed E-state index contributed by atoms with van der Waals surface area (Å²) in [7, 11) is 1.49. The maximum Gasteiger partial charge on any atom is 0.246 e. The van der Waals surface area contributed by atoms with Gasteiger partial charge in [0.05, 0.1) is 25.5 Å². The van der Waals surface area contributed by atoms with Crippen LogP contribution in [0.1, 0.15) is 6.04 Å². The van der Waals surface area contributed by atoms with Crippen LogP contribution in [0.25, 0.3) is 11.3 Å². The van der Waals surface area contributed by atoms with E-state index in [9.17, 15) is 4.79 Å². The Labute approximate surface area is 145 Å². The minimum Gasteiger partial charge on any atom is -0.375 e. The van der Waals surface area contributed by atoms with Crippen LogP contribution in [0.2, 0.25) is 0 Å². The number of hydrogen-bond donors (Lipinski definition) is 1. The summed E-state index contributed by atoms with van der Waals surface area (Å²) in [6.07, 6.45) is 1.57. The molecule has 2 aliphatic rings. The minimum absolute atomic E-state index is 0.0286. The van der Waals surface area contributed by atoms with Crippen LogP contribution in [-0.4, -0.2) is 66.1 Å². The Morgan fingerprint density at radius 2 is 2.08 bits per heavy atom. The van der Waals surface area contributed by atoms with E-state index in [2.05, 4.69) is 15.6 Å². The van der Waals surface area contributed by atoms with Gasteiger partial charge in [-0.1, -0.05) is 35.5 Å². The van der Waals surface area contributed by atoms with Crippen LogP contribution in [0.3, 0.4) is 0 Å². The van der Waals surface area contributed by atoms with Crippen LogP contribution in [-0.2, 0) is 19.0 Å². The summed E-state index contributed by atoms with van der Waals surface area (Å²) >= 11 is 0. The highest BCUT2D eigenvalue weighted by Crippen LogP contribution is 2.34. The SMILES string of the molecule is COCC(=O)NC1COC2C1OCC2n1cc(-c2ccccc2)nn1. The maximum absolute atomic E-state index is 11.7. The zero-order valence-corrected chi connectivity index (χ0v) is 13.9. The molecule has 2 saturated heterocycles. The Morgan fingerprint density at radius 1 is 1.28 bits per heavy atom. The fourth-order valence-corrected chi connectivity index (χ4v) is 3.39. The Morgan fingerprint density at radius 3 is 2.88 bits per heavy atom. The second-order valence-electron chi connectivity index (χ2n) is 6.22. The third-order valence-corrected chi connectivity index (χ3v) is 4.57. The molecule has 8 nitrogen and oxygen atoms in total. The maximum atomic E-state index is 11.7. The van der Waals surface area contributed by atoms with Gasteiger partial charge in [-0.25, -0.2) is 4.68 Å². The van der Waals surface area contributed by atoms with Gasteiger partial charge < -0.3 is 19.5 Å². The predicted octanol–water partition coefficient (Wildman–Crippen LogP) is 0.415. The molecule has 2 aromatic rings. The number of carbonyl (C=O) groups excluding carboxylic acids is 1. The molecular formula is C17H20N4O4. The molecular weight excluding hydrogens is 324 g/mol. The van der Waals surface area contributed by atoms with E-state index in [-0.39, 0.29) is 36.8 Å². The number of hydrogen-bond acceptors (Lipinski definition) is 6. The quantitative estimate of drug-likeness (QED) is 0.846. The molecule has 1 N–H and O–H groups in total. The molecule has 2 aliphatic heterocycles. The lowest BCUT2D eigenvalue weighted by atomic mass is 10.1. The topological polar surface area (TPSA) is 87.5 Å². The molecule has 4 atom stereocenters. The van der Waals surface area contributed by atoms with Crippen molar-refractivity contribution in [1.29, 1.82) is 0 Å². The van der Waals surface area contributed by atoms with Crippen molar-refractivity contribution in [1.82, 2.24) is 20.3 Å². The highest BCUT2D eigenvalue weighted by molar-refractivity contribution is 5.77. The van der Waals surface area contributed by atoms with E-state index in [4.69, 9.17) is 14.2 Å². The monoisotopic (exact) mass is 344 g/mol. The first kappa shape index (κ1) is 16.2. The summed E-state index contributed by atoms with van der Waals surface area (Å²) in [6, 6.07) is 9.67. The summed E-state index contributed by atoms with van der Waals surface area (Å²) in [5.74, 6) is -0.170. The average Bonchev–Trinajstić information content (AvgIpc) is 3.33. The van der Waals surface area contributed by atoms with E-state index < -0.39 is 0 Å². The van der Waals surface area contributed by atoms with Crippen molar-refractivity contribution in [2.45, 2.75) is 24.3 Å². The number of ether oxygens (including phenoxy) is 3.